The Balaban J connectivity index is 1.60. The monoisotopic (exact) mass is 434 g/mol. The zero-order valence-corrected chi connectivity index (χ0v) is 19.7. The molecule has 0 aliphatic carbocycles. The van der Waals surface area contributed by atoms with E-state index in [2.05, 4.69) is 66.2 Å². The van der Waals surface area contributed by atoms with Gasteiger partial charge in [-0.1, -0.05) is 6.07 Å². The van der Waals surface area contributed by atoms with Gasteiger partial charge in [0.1, 0.15) is 5.52 Å². The molecule has 1 saturated heterocycles. The molecule has 6 heteroatoms. The van der Waals surface area contributed by atoms with Gasteiger partial charge in [-0.05, 0) is 77.3 Å². The van der Waals surface area contributed by atoms with Crippen LogP contribution in [0.4, 0.5) is 0 Å². The van der Waals surface area contributed by atoms with Crippen molar-refractivity contribution >= 4 is 33.1 Å². The number of nitrogens with zero attached hydrogens (tertiary/aromatic N) is 3. The Kier molecular flexibility index (Phi) is 5.02. The van der Waals surface area contributed by atoms with Crippen LogP contribution in [0.5, 0.6) is 0 Å². The normalized spacial score (nSPS) is 20.8. The quantitative estimate of drug-likeness (QED) is 0.437. The molecule has 3 unspecified atom stereocenters. The van der Waals surface area contributed by atoms with Gasteiger partial charge in [-0.15, -0.1) is 11.3 Å². The van der Waals surface area contributed by atoms with Crippen molar-refractivity contribution in [2.45, 2.75) is 72.1 Å². The number of rotatable bonds is 4. The summed E-state index contributed by atoms with van der Waals surface area (Å²) in [5.41, 5.74) is 3.76. The summed E-state index contributed by atoms with van der Waals surface area (Å²) in [6, 6.07) is 12.6. The van der Waals surface area contributed by atoms with E-state index in [4.69, 9.17) is 0 Å². The van der Waals surface area contributed by atoms with Crippen LogP contribution in [0, 0.1) is 6.92 Å². The van der Waals surface area contributed by atoms with Crippen molar-refractivity contribution in [2.24, 2.45) is 0 Å². The number of likely N-dealkylation sites (tertiary alicyclic amines) is 1. The molecular formula is C25H30N4OS. The smallest absolute Gasteiger partial charge is 0.262 e. The van der Waals surface area contributed by atoms with E-state index < -0.39 is 0 Å². The van der Waals surface area contributed by atoms with Gasteiger partial charge >= 0.3 is 0 Å². The van der Waals surface area contributed by atoms with Crippen LogP contribution >= 0.6 is 11.3 Å². The van der Waals surface area contributed by atoms with Gasteiger partial charge in [-0.3, -0.25) is 14.8 Å². The summed E-state index contributed by atoms with van der Waals surface area (Å²) in [5.74, 6) is 0. The number of nitrogens with one attached hydrogen (secondary N) is 1. The minimum absolute atomic E-state index is 0.0325. The Morgan fingerprint density at radius 1 is 1.19 bits per heavy atom. The largest absolute Gasteiger partial charge is 0.308 e. The molecule has 4 aromatic rings. The molecule has 1 aromatic carbocycles. The molecule has 1 N–H and O–H groups in total. The number of thiophene rings is 1. The lowest BCUT2D eigenvalue weighted by atomic mass is 10.1. The standard InChI is InChI=1S/C25H30N4OS/c1-6-28-20-10-9-18(13-19(20)24-23(25(28)30)16(4)26-27-24)22-12-11-21(31-22)17(5)29-14(2)7-8-15(29)3/h9-15,17H,6-8H2,1-5H3,(H,26,27). The van der Waals surface area contributed by atoms with Crippen LogP contribution in [0.1, 0.15) is 57.1 Å². The third kappa shape index (κ3) is 3.15. The molecule has 0 radical (unpaired) electrons. The number of aromatic nitrogens is 3. The highest BCUT2D eigenvalue weighted by Gasteiger charge is 2.32. The van der Waals surface area contributed by atoms with E-state index in [0.29, 0.717) is 30.1 Å². The van der Waals surface area contributed by atoms with E-state index >= 15 is 0 Å². The second kappa shape index (κ2) is 7.61. The molecule has 1 aliphatic rings. The Bertz CT molecular complexity index is 1320. The van der Waals surface area contributed by atoms with Crippen LogP contribution in [-0.2, 0) is 6.54 Å². The molecule has 5 rings (SSSR count). The summed E-state index contributed by atoms with van der Waals surface area (Å²) < 4.78 is 1.85. The van der Waals surface area contributed by atoms with Gasteiger partial charge in [-0.2, -0.15) is 5.10 Å². The van der Waals surface area contributed by atoms with Crippen molar-refractivity contribution in [3.8, 4) is 10.4 Å². The Hall–Kier alpha value is -2.44. The second-order valence-electron chi connectivity index (χ2n) is 8.95. The van der Waals surface area contributed by atoms with Gasteiger partial charge in [0.15, 0.2) is 0 Å². The molecule has 3 aromatic heterocycles. The topological polar surface area (TPSA) is 53.9 Å². The average Bonchev–Trinajstić information content (AvgIpc) is 3.47. The van der Waals surface area contributed by atoms with Crippen molar-refractivity contribution < 1.29 is 0 Å². The zero-order chi connectivity index (χ0) is 21.9. The minimum atomic E-state index is 0.0325. The fourth-order valence-electron chi connectivity index (χ4n) is 5.42. The van der Waals surface area contributed by atoms with Gasteiger partial charge in [0, 0.05) is 45.5 Å². The van der Waals surface area contributed by atoms with Gasteiger partial charge in [0.2, 0.25) is 0 Å². The van der Waals surface area contributed by atoms with Crippen molar-refractivity contribution in [1.29, 1.82) is 0 Å². The number of pyridine rings is 1. The van der Waals surface area contributed by atoms with Crippen molar-refractivity contribution in [1.82, 2.24) is 19.7 Å². The third-order valence-electron chi connectivity index (χ3n) is 7.06. The summed E-state index contributed by atoms with van der Waals surface area (Å²) >= 11 is 1.88. The summed E-state index contributed by atoms with van der Waals surface area (Å²) in [6.07, 6.45) is 2.57. The SMILES string of the molecule is CCn1c(=O)c2c(C)[nH]nc2c2cc(-c3ccc(C(C)N4C(C)CCC4C)s3)ccc21. The lowest BCUT2D eigenvalue weighted by Gasteiger charge is -2.32. The van der Waals surface area contributed by atoms with Gasteiger partial charge in [0.05, 0.1) is 10.9 Å². The Morgan fingerprint density at radius 3 is 2.65 bits per heavy atom. The summed E-state index contributed by atoms with van der Waals surface area (Å²) in [5, 5.41) is 9.22. The number of hydrogen-bond donors (Lipinski definition) is 1. The molecule has 5 nitrogen and oxygen atoms in total. The first kappa shape index (κ1) is 20.5. The highest BCUT2D eigenvalue weighted by atomic mass is 32.1. The summed E-state index contributed by atoms with van der Waals surface area (Å²) in [6.45, 7) is 11.6. The number of aromatic amines is 1. The highest BCUT2D eigenvalue weighted by Crippen LogP contribution is 2.39. The first-order chi connectivity index (χ1) is 14.9. The van der Waals surface area contributed by atoms with Crippen LogP contribution in [0.3, 0.4) is 0 Å². The van der Waals surface area contributed by atoms with Gasteiger partial charge < -0.3 is 4.57 Å². The maximum atomic E-state index is 13.0. The predicted molar refractivity (Wildman–Crippen MR) is 130 cm³/mol. The van der Waals surface area contributed by atoms with E-state index in [0.717, 1.165) is 22.1 Å². The first-order valence-corrected chi connectivity index (χ1v) is 12.1. The summed E-state index contributed by atoms with van der Waals surface area (Å²) in [4.78, 5) is 18.3. The molecule has 0 saturated carbocycles. The molecule has 3 atom stereocenters. The molecule has 1 aliphatic heterocycles. The second-order valence-corrected chi connectivity index (χ2v) is 10.1. The van der Waals surface area contributed by atoms with Crippen LogP contribution in [0.25, 0.3) is 32.2 Å². The summed E-state index contributed by atoms with van der Waals surface area (Å²) in [7, 11) is 0. The number of benzene rings is 1. The van der Waals surface area contributed by atoms with Crippen molar-refractivity contribution in [3.05, 3.63) is 51.3 Å². The Morgan fingerprint density at radius 2 is 1.94 bits per heavy atom. The van der Waals surface area contributed by atoms with Crippen molar-refractivity contribution in [3.63, 3.8) is 0 Å². The van der Waals surface area contributed by atoms with E-state index in [9.17, 15) is 4.79 Å². The van der Waals surface area contributed by atoms with Crippen LogP contribution < -0.4 is 5.56 Å². The molecule has 162 valence electrons. The molecule has 0 bridgehead atoms. The molecule has 4 heterocycles. The zero-order valence-electron chi connectivity index (χ0n) is 18.9. The Labute approximate surface area is 186 Å². The maximum Gasteiger partial charge on any atom is 0.262 e. The van der Waals surface area contributed by atoms with Gasteiger partial charge in [0.25, 0.3) is 5.56 Å². The number of fused-ring (bicyclic) bond motifs is 3. The van der Waals surface area contributed by atoms with Crippen LogP contribution in [0.15, 0.2) is 35.1 Å². The number of H-pyrrole nitrogens is 1. The minimum Gasteiger partial charge on any atom is -0.308 e. The number of aryl methyl sites for hydroxylation is 2. The third-order valence-corrected chi connectivity index (χ3v) is 8.36. The van der Waals surface area contributed by atoms with Crippen LogP contribution in [0.2, 0.25) is 0 Å². The van der Waals surface area contributed by atoms with E-state index in [1.807, 2.05) is 29.8 Å². The van der Waals surface area contributed by atoms with E-state index in [1.54, 1.807) is 0 Å². The van der Waals surface area contributed by atoms with Crippen LogP contribution in [-0.4, -0.2) is 31.7 Å². The highest BCUT2D eigenvalue weighted by molar-refractivity contribution is 7.15. The van der Waals surface area contributed by atoms with E-state index in [1.165, 1.54) is 28.2 Å². The predicted octanol–water partition coefficient (Wildman–Crippen LogP) is 5.87. The molecule has 0 spiro atoms. The lowest BCUT2D eigenvalue weighted by Crippen LogP contribution is -2.34. The van der Waals surface area contributed by atoms with Gasteiger partial charge in [-0.25, -0.2) is 0 Å². The molecule has 1 fully saturated rings. The average molecular weight is 435 g/mol. The van der Waals surface area contributed by atoms with E-state index in [-0.39, 0.29) is 5.56 Å². The molecule has 0 amide bonds. The maximum absolute atomic E-state index is 13.0. The first-order valence-electron chi connectivity index (χ1n) is 11.3. The van der Waals surface area contributed by atoms with Crippen molar-refractivity contribution in [2.75, 3.05) is 0 Å². The number of hydrogen-bond acceptors (Lipinski definition) is 4. The fraction of sp³-hybridized carbons (Fsp3) is 0.440. The lowest BCUT2D eigenvalue weighted by molar-refractivity contribution is 0.159. The molecular weight excluding hydrogens is 404 g/mol. The fourth-order valence-corrected chi connectivity index (χ4v) is 6.48. The molecule has 31 heavy (non-hydrogen) atoms.